The fourth-order valence-corrected chi connectivity index (χ4v) is 1.97. The number of likely N-dealkylation sites (N-methyl/N-ethyl adjacent to an activating group) is 1. The third-order valence-corrected chi connectivity index (χ3v) is 3.18. The van der Waals surface area contributed by atoms with Crippen LogP contribution in [0.1, 0.15) is 12.0 Å². The average Bonchev–Trinajstić information content (AvgIpc) is 2.23. The summed E-state index contributed by atoms with van der Waals surface area (Å²) in [4.78, 5) is 0. The van der Waals surface area contributed by atoms with Crippen LogP contribution in [-0.4, -0.2) is 50.4 Å². The zero-order chi connectivity index (χ0) is 13.6. The monoisotopic (exact) mass is 271 g/mol. The Morgan fingerprint density at radius 2 is 1.72 bits per heavy atom. The Morgan fingerprint density at radius 1 is 1.22 bits per heavy atom. The van der Waals surface area contributed by atoms with Gasteiger partial charge >= 0.3 is 0 Å². The van der Waals surface area contributed by atoms with Gasteiger partial charge in [-0.15, -0.1) is 0 Å². The van der Waals surface area contributed by atoms with Crippen LogP contribution >= 0.6 is 0 Å². The van der Waals surface area contributed by atoms with Crippen LogP contribution in [0.4, 0.5) is 0 Å². The normalized spacial score (nSPS) is 17.3. The van der Waals surface area contributed by atoms with Crippen LogP contribution in [0, 0.1) is 0 Å². The Labute approximate surface area is 110 Å². The molecule has 1 aliphatic rings. The lowest BCUT2D eigenvalue weighted by Gasteiger charge is -2.42. The van der Waals surface area contributed by atoms with Crippen molar-refractivity contribution in [1.29, 1.82) is 0 Å². The topological polar surface area (TPSA) is 57.2 Å². The highest BCUT2D eigenvalue weighted by Gasteiger charge is 2.29. The van der Waals surface area contributed by atoms with Crippen LogP contribution in [0.25, 0.3) is 0 Å². The first-order valence-corrected chi connectivity index (χ1v) is 7.88. The van der Waals surface area contributed by atoms with E-state index in [-0.39, 0.29) is 0 Å². The van der Waals surface area contributed by atoms with E-state index in [1.165, 1.54) is 42.5 Å². The predicted octanol–water partition coefficient (Wildman–Crippen LogP) is 1.24. The van der Waals surface area contributed by atoms with Crippen LogP contribution < -0.4 is 0 Å². The highest BCUT2D eigenvalue weighted by atomic mass is 32.2. The molecule has 2 rings (SSSR count). The molecule has 0 spiro atoms. The van der Waals surface area contributed by atoms with Gasteiger partial charge in [-0.2, -0.15) is 0 Å². The molecule has 1 aliphatic heterocycles. The molecule has 0 N–H and O–H groups in total. The number of benzene rings is 1. The van der Waals surface area contributed by atoms with Gasteiger partial charge in [0.2, 0.25) is 0 Å². The molecule has 0 amide bonds. The van der Waals surface area contributed by atoms with Crippen LogP contribution in [0.15, 0.2) is 30.3 Å². The van der Waals surface area contributed by atoms with Crippen molar-refractivity contribution in [1.82, 2.24) is 0 Å². The number of hydrogen-bond acceptors (Lipinski definition) is 3. The van der Waals surface area contributed by atoms with Gasteiger partial charge in [0.1, 0.15) is 0 Å². The molecule has 1 heterocycles. The SMILES string of the molecule is CS(=O)(=O)[O-].C[N+]1(CCc2ccccc2)CCC1. The van der Waals surface area contributed by atoms with E-state index in [0.717, 1.165) is 0 Å². The van der Waals surface area contributed by atoms with E-state index in [9.17, 15) is 0 Å². The van der Waals surface area contributed by atoms with Crippen molar-refractivity contribution in [2.24, 2.45) is 0 Å². The van der Waals surface area contributed by atoms with E-state index in [1.54, 1.807) is 0 Å². The summed E-state index contributed by atoms with van der Waals surface area (Å²) in [6, 6.07) is 10.8. The van der Waals surface area contributed by atoms with Crippen molar-refractivity contribution in [3.05, 3.63) is 35.9 Å². The molecule has 0 radical (unpaired) electrons. The van der Waals surface area contributed by atoms with E-state index < -0.39 is 10.1 Å². The molecule has 0 saturated carbocycles. The number of hydrogen-bond donors (Lipinski definition) is 0. The second-order valence-corrected chi connectivity index (χ2v) is 6.49. The molecule has 0 bridgehead atoms. The summed E-state index contributed by atoms with van der Waals surface area (Å²) in [7, 11) is -1.55. The van der Waals surface area contributed by atoms with Gasteiger partial charge in [-0.3, -0.25) is 0 Å². The summed E-state index contributed by atoms with van der Waals surface area (Å²) in [5.74, 6) is 0. The molecular weight excluding hydrogens is 250 g/mol. The molecule has 1 saturated heterocycles. The molecule has 0 atom stereocenters. The van der Waals surface area contributed by atoms with Gasteiger partial charge in [-0.25, -0.2) is 8.42 Å². The van der Waals surface area contributed by atoms with Gasteiger partial charge in [0, 0.05) is 19.1 Å². The quantitative estimate of drug-likeness (QED) is 0.614. The van der Waals surface area contributed by atoms with E-state index in [0.29, 0.717) is 6.26 Å². The molecule has 0 aliphatic carbocycles. The van der Waals surface area contributed by atoms with Crippen LogP contribution in [0.3, 0.4) is 0 Å². The predicted molar refractivity (Wildman–Crippen MR) is 71.2 cm³/mol. The first-order valence-electron chi connectivity index (χ1n) is 6.07. The Bertz CT molecular complexity index is 444. The summed E-state index contributed by atoms with van der Waals surface area (Å²) in [5.41, 5.74) is 1.48. The van der Waals surface area contributed by atoms with E-state index in [2.05, 4.69) is 37.4 Å². The smallest absolute Gasteiger partial charge is 0.0916 e. The second kappa shape index (κ2) is 6.31. The van der Waals surface area contributed by atoms with Crippen molar-refractivity contribution < 1.29 is 17.5 Å². The highest BCUT2D eigenvalue weighted by Crippen LogP contribution is 2.17. The lowest BCUT2D eigenvalue weighted by Crippen LogP contribution is -2.55. The summed E-state index contributed by atoms with van der Waals surface area (Å²) in [6.45, 7) is 4.07. The number of quaternary nitrogens is 1. The van der Waals surface area contributed by atoms with Crippen molar-refractivity contribution in [2.75, 3.05) is 32.9 Å². The van der Waals surface area contributed by atoms with Gasteiger partial charge in [0.05, 0.1) is 36.8 Å². The summed E-state index contributed by atoms with van der Waals surface area (Å²) in [5, 5.41) is 0. The van der Waals surface area contributed by atoms with Crippen molar-refractivity contribution in [2.45, 2.75) is 12.8 Å². The number of nitrogens with zero attached hydrogens (tertiary/aromatic N) is 1. The minimum absolute atomic E-state index is 0.604. The van der Waals surface area contributed by atoms with E-state index in [1.807, 2.05) is 0 Å². The van der Waals surface area contributed by atoms with Crippen LogP contribution in [-0.2, 0) is 16.5 Å². The summed E-state index contributed by atoms with van der Waals surface area (Å²) >= 11 is 0. The van der Waals surface area contributed by atoms with Crippen molar-refractivity contribution >= 4 is 10.1 Å². The number of rotatable bonds is 3. The Hall–Kier alpha value is -0.910. The minimum atomic E-state index is -3.92. The van der Waals surface area contributed by atoms with Gasteiger partial charge in [0.15, 0.2) is 0 Å². The molecule has 0 unspecified atom stereocenters. The summed E-state index contributed by atoms with van der Waals surface area (Å²) in [6.07, 6.45) is 3.26. The maximum atomic E-state index is 9.08. The highest BCUT2D eigenvalue weighted by molar-refractivity contribution is 7.84. The van der Waals surface area contributed by atoms with Gasteiger partial charge in [0.25, 0.3) is 0 Å². The standard InChI is InChI=1S/C12H18N.CH4O3S/c1-13(9-5-10-13)11-8-12-6-3-2-4-7-12;1-5(2,3)4/h2-4,6-7H,5,8-11H2,1H3;1H3,(H,2,3,4)/q+1;/p-1. The lowest BCUT2D eigenvalue weighted by molar-refractivity contribution is -0.945. The van der Waals surface area contributed by atoms with Gasteiger partial charge in [-0.05, 0) is 5.56 Å². The van der Waals surface area contributed by atoms with Crippen molar-refractivity contribution in [3.63, 3.8) is 0 Å². The van der Waals surface area contributed by atoms with Gasteiger partial charge < -0.3 is 9.04 Å². The first-order chi connectivity index (χ1) is 8.29. The maximum Gasteiger partial charge on any atom is 0.0916 e. The fourth-order valence-electron chi connectivity index (χ4n) is 1.97. The molecule has 4 nitrogen and oxygen atoms in total. The minimum Gasteiger partial charge on any atom is -0.748 e. The van der Waals surface area contributed by atoms with Crippen LogP contribution in [0.5, 0.6) is 0 Å². The van der Waals surface area contributed by atoms with E-state index in [4.69, 9.17) is 13.0 Å². The molecule has 1 aromatic carbocycles. The largest absolute Gasteiger partial charge is 0.748 e. The Balaban J connectivity index is 0.000000280. The van der Waals surface area contributed by atoms with Crippen LogP contribution in [0.2, 0.25) is 0 Å². The zero-order valence-electron chi connectivity index (χ0n) is 11.0. The maximum absolute atomic E-state index is 9.08. The molecule has 1 aromatic rings. The molecular formula is C13H21NO3S. The molecule has 0 aromatic heterocycles. The van der Waals surface area contributed by atoms with Crippen molar-refractivity contribution in [3.8, 4) is 0 Å². The second-order valence-electron chi connectivity index (χ2n) is 5.08. The first kappa shape index (κ1) is 15.1. The lowest BCUT2D eigenvalue weighted by atomic mass is 10.1. The third-order valence-electron chi connectivity index (χ3n) is 3.18. The Morgan fingerprint density at radius 3 is 2.11 bits per heavy atom. The third kappa shape index (κ3) is 6.74. The number of likely N-dealkylation sites (tertiary alicyclic amines) is 1. The molecule has 102 valence electrons. The fraction of sp³-hybridized carbons (Fsp3) is 0.538. The van der Waals surface area contributed by atoms with Gasteiger partial charge in [-0.1, -0.05) is 30.3 Å². The molecule has 5 heteroatoms. The van der Waals surface area contributed by atoms with E-state index >= 15 is 0 Å². The molecule has 1 fully saturated rings. The molecule has 18 heavy (non-hydrogen) atoms. The summed E-state index contributed by atoms with van der Waals surface area (Å²) < 4.78 is 28.5. The average molecular weight is 271 g/mol. The zero-order valence-corrected chi connectivity index (χ0v) is 11.8. The Kier molecular flexibility index (Phi) is 5.31.